The van der Waals surface area contributed by atoms with Gasteiger partial charge in [0, 0.05) is 5.75 Å². The van der Waals surface area contributed by atoms with Crippen LogP contribution < -0.4 is 16.4 Å². The quantitative estimate of drug-likeness (QED) is 0.341. The Balaban J connectivity index is 2.71. The molecular formula is C17H25N3O4S2. The lowest BCUT2D eigenvalue weighted by atomic mass is 10.1. The van der Waals surface area contributed by atoms with Crippen LogP contribution >= 0.6 is 24.4 Å². The Hall–Kier alpha value is -1.71. The van der Waals surface area contributed by atoms with Gasteiger partial charge in [-0.15, -0.1) is 0 Å². The van der Waals surface area contributed by atoms with Crippen molar-refractivity contribution in [3.63, 3.8) is 0 Å². The fourth-order valence-corrected chi connectivity index (χ4v) is 2.92. The van der Waals surface area contributed by atoms with Crippen molar-refractivity contribution in [3.8, 4) is 0 Å². The van der Waals surface area contributed by atoms with E-state index < -0.39 is 35.9 Å². The number of nitrogens with one attached hydrogen (secondary N) is 2. The average molecular weight is 400 g/mol. The molecule has 0 radical (unpaired) electrons. The topological polar surface area (TPSA) is 122 Å². The molecule has 0 aromatic heterocycles. The van der Waals surface area contributed by atoms with Crippen LogP contribution in [0, 0.1) is 0 Å². The van der Waals surface area contributed by atoms with E-state index in [1.54, 1.807) is 0 Å². The lowest BCUT2D eigenvalue weighted by Crippen LogP contribution is -2.55. The monoisotopic (exact) mass is 399 g/mol. The molecule has 1 aromatic rings. The Morgan fingerprint density at radius 1 is 1.15 bits per heavy atom. The molecule has 9 heteroatoms. The Morgan fingerprint density at radius 3 is 2.31 bits per heavy atom. The minimum absolute atomic E-state index is 0.0439. The van der Waals surface area contributed by atoms with Crippen LogP contribution in [-0.4, -0.2) is 58.8 Å². The van der Waals surface area contributed by atoms with Crippen LogP contribution in [0.5, 0.6) is 0 Å². The molecular weight excluding hydrogens is 374 g/mol. The molecule has 7 nitrogen and oxygen atoms in total. The highest BCUT2D eigenvalue weighted by Crippen LogP contribution is 2.05. The number of carbonyl (C=O) groups excluding carboxylic acids is 2. The maximum absolute atomic E-state index is 12.4. The van der Waals surface area contributed by atoms with Crippen LogP contribution in [0.3, 0.4) is 0 Å². The molecule has 0 fully saturated rings. The van der Waals surface area contributed by atoms with Crippen LogP contribution in [0.15, 0.2) is 30.3 Å². The summed E-state index contributed by atoms with van der Waals surface area (Å²) in [6, 6.07) is 6.57. The molecule has 26 heavy (non-hydrogen) atoms. The Kier molecular flexibility index (Phi) is 10.2. The van der Waals surface area contributed by atoms with Gasteiger partial charge < -0.3 is 21.5 Å². The van der Waals surface area contributed by atoms with Gasteiger partial charge in [-0.25, -0.2) is 4.79 Å². The van der Waals surface area contributed by atoms with Crippen molar-refractivity contribution in [2.24, 2.45) is 5.73 Å². The molecule has 1 aromatic carbocycles. The number of hydrogen-bond acceptors (Lipinski definition) is 6. The van der Waals surface area contributed by atoms with Crippen LogP contribution in [0.4, 0.5) is 0 Å². The number of thioether (sulfide) groups is 1. The maximum Gasteiger partial charge on any atom is 0.327 e. The van der Waals surface area contributed by atoms with Gasteiger partial charge in [0.15, 0.2) is 0 Å². The fraction of sp³-hybridized carbons (Fsp3) is 0.471. The number of carboxylic acid groups (broad SMARTS) is 1. The van der Waals surface area contributed by atoms with Gasteiger partial charge >= 0.3 is 5.97 Å². The van der Waals surface area contributed by atoms with Crippen LogP contribution in [0.25, 0.3) is 0 Å². The van der Waals surface area contributed by atoms with Gasteiger partial charge in [-0.05, 0) is 30.4 Å². The van der Waals surface area contributed by atoms with Gasteiger partial charge in [-0.1, -0.05) is 30.3 Å². The van der Waals surface area contributed by atoms with E-state index in [-0.39, 0.29) is 5.75 Å². The van der Waals surface area contributed by atoms with E-state index in [9.17, 15) is 14.4 Å². The molecule has 0 aliphatic rings. The number of amides is 2. The third kappa shape index (κ3) is 7.67. The third-order valence-electron chi connectivity index (χ3n) is 3.68. The van der Waals surface area contributed by atoms with Gasteiger partial charge in [-0.3, -0.25) is 9.59 Å². The maximum atomic E-state index is 12.4. The number of nitrogens with two attached hydrogens (primary N) is 1. The number of benzene rings is 1. The van der Waals surface area contributed by atoms with Gasteiger partial charge in [0.05, 0.1) is 6.04 Å². The standard InChI is InChI=1S/C17H25N3O4S2/c1-26-8-7-13(16(22)20-14(10-25)17(23)24)19-15(21)12(18)9-11-5-3-2-4-6-11/h2-6,12-14,25H,7-10,18H2,1H3,(H,19,21)(H,20,22)(H,23,24)/t12-,13-,14-/m0/s1. The summed E-state index contributed by atoms with van der Waals surface area (Å²) in [7, 11) is 0. The van der Waals surface area contributed by atoms with Crippen molar-refractivity contribution in [2.75, 3.05) is 17.8 Å². The van der Waals surface area contributed by atoms with Crippen molar-refractivity contribution in [2.45, 2.75) is 31.0 Å². The number of aliphatic carboxylic acids is 1. The third-order valence-corrected chi connectivity index (χ3v) is 4.69. The van der Waals surface area contributed by atoms with E-state index in [2.05, 4.69) is 23.3 Å². The van der Waals surface area contributed by atoms with E-state index in [4.69, 9.17) is 10.8 Å². The fourth-order valence-electron chi connectivity index (χ4n) is 2.20. The summed E-state index contributed by atoms with van der Waals surface area (Å²) in [5, 5.41) is 14.1. The van der Waals surface area contributed by atoms with Crippen LogP contribution in [0.1, 0.15) is 12.0 Å². The van der Waals surface area contributed by atoms with E-state index in [1.165, 1.54) is 11.8 Å². The van der Waals surface area contributed by atoms with E-state index in [0.29, 0.717) is 18.6 Å². The molecule has 5 N–H and O–H groups in total. The smallest absolute Gasteiger partial charge is 0.327 e. The second kappa shape index (κ2) is 11.8. The summed E-state index contributed by atoms with van der Waals surface area (Å²) in [5.74, 6) is -1.60. The van der Waals surface area contributed by atoms with E-state index in [0.717, 1.165) is 5.56 Å². The molecule has 1 rings (SSSR count). The minimum Gasteiger partial charge on any atom is -0.480 e. The molecule has 0 saturated carbocycles. The predicted molar refractivity (Wildman–Crippen MR) is 106 cm³/mol. The minimum atomic E-state index is -1.18. The molecule has 144 valence electrons. The van der Waals surface area contributed by atoms with E-state index >= 15 is 0 Å². The van der Waals surface area contributed by atoms with Gasteiger partial charge in [-0.2, -0.15) is 24.4 Å². The Bertz CT molecular complexity index is 601. The van der Waals surface area contributed by atoms with Crippen molar-refractivity contribution >= 4 is 42.2 Å². The number of carboxylic acids is 1. The molecule has 2 amide bonds. The van der Waals surface area contributed by atoms with Crippen molar-refractivity contribution in [1.82, 2.24) is 10.6 Å². The number of rotatable bonds is 11. The van der Waals surface area contributed by atoms with Gasteiger partial charge in [0.25, 0.3) is 0 Å². The van der Waals surface area contributed by atoms with Gasteiger partial charge in [0.1, 0.15) is 12.1 Å². The molecule has 0 bridgehead atoms. The highest BCUT2D eigenvalue weighted by atomic mass is 32.2. The van der Waals surface area contributed by atoms with Crippen molar-refractivity contribution in [1.29, 1.82) is 0 Å². The van der Waals surface area contributed by atoms with Gasteiger partial charge in [0.2, 0.25) is 11.8 Å². The highest BCUT2D eigenvalue weighted by molar-refractivity contribution is 7.98. The largest absolute Gasteiger partial charge is 0.480 e. The molecule has 0 aliphatic heterocycles. The number of hydrogen-bond donors (Lipinski definition) is 5. The summed E-state index contributed by atoms with van der Waals surface area (Å²) >= 11 is 5.44. The lowest BCUT2D eigenvalue weighted by Gasteiger charge is -2.22. The Labute approximate surface area is 162 Å². The number of carbonyl (C=O) groups is 3. The second-order valence-corrected chi connectivity index (χ2v) is 7.07. The first-order valence-corrected chi connectivity index (χ1v) is 10.1. The summed E-state index contributed by atoms with van der Waals surface area (Å²) in [6.07, 6.45) is 2.60. The molecule has 3 atom stereocenters. The molecule has 0 unspecified atom stereocenters. The molecule has 0 spiro atoms. The van der Waals surface area contributed by atoms with Crippen molar-refractivity contribution in [3.05, 3.63) is 35.9 Å². The summed E-state index contributed by atoms with van der Waals surface area (Å²) in [4.78, 5) is 35.8. The first kappa shape index (κ1) is 22.3. The zero-order valence-corrected chi connectivity index (χ0v) is 16.3. The number of thiol groups is 1. The average Bonchev–Trinajstić information content (AvgIpc) is 2.63. The van der Waals surface area contributed by atoms with Crippen LogP contribution in [-0.2, 0) is 20.8 Å². The first-order valence-electron chi connectivity index (χ1n) is 8.11. The Morgan fingerprint density at radius 2 is 1.77 bits per heavy atom. The molecule has 0 heterocycles. The van der Waals surface area contributed by atoms with E-state index in [1.807, 2.05) is 36.6 Å². The highest BCUT2D eigenvalue weighted by Gasteiger charge is 2.27. The first-order chi connectivity index (χ1) is 12.4. The normalized spacial score (nSPS) is 14.1. The molecule has 0 saturated heterocycles. The summed E-state index contributed by atoms with van der Waals surface area (Å²) in [6.45, 7) is 0. The van der Waals surface area contributed by atoms with Crippen molar-refractivity contribution < 1.29 is 19.5 Å². The second-order valence-electron chi connectivity index (χ2n) is 5.72. The van der Waals surface area contributed by atoms with Crippen LogP contribution in [0.2, 0.25) is 0 Å². The zero-order valence-electron chi connectivity index (χ0n) is 14.6. The lowest BCUT2D eigenvalue weighted by molar-refractivity contribution is -0.141. The summed E-state index contributed by atoms with van der Waals surface area (Å²) < 4.78 is 0. The molecule has 0 aliphatic carbocycles. The summed E-state index contributed by atoms with van der Waals surface area (Å²) in [5.41, 5.74) is 6.86. The SMILES string of the molecule is CSCC[C@H](NC(=O)[C@@H](N)Cc1ccccc1)C(=O)N[C@@H](CS)C(=O)O. The zero-order chi connectivity index (χ0) is 19.5. The predicted octanol–water partition coefficient (Wildman–Crippen LogP) is 0.294.